The Bertz CT molecular complexity index is 932. The maximum Gasteiger partial charge on any atom is 0.262 e. The third kappa shape index (κ3) is 4.30. The van der Waals surface area contributed by atoms with Gasteiger partial charge in [-0.25, -0.2) is 13.9 Å². The number of amides is 1. The van der Waals surface area contributed by atoms with E-state index in [2.05, 4.69) is 0 Å². The first-order valence-corrected chi connectivity index (χ1v) is 10.6. The number of rotatable bonds is 5. The molecule has 3 rings (SSSR count). The molecular weight excluding hydrogens is 404 g/mol. The van der Waals surface area contributed by atoms with E-state index in [0.29, 0.717) is 29.4 Å². The van der Waals surface area contributed by atoms with Gasteiger partial charge >= 0.3 is 0 Å². The lowest BCUT2D eigenvalue weighted by Crippen LogP contribution is -2.54. The zero-order valence-electron chi connectivity index (χ0n) is 15.2. The maximum absolute atomic E-state index is 13.1. The van der Waals surface area contributed by atoms with E-state index < -0.39 is 22.0 Å². The number of hydrogen-bond donors (Lipinski definition) is 2. The van der Waals surface area contributed by atoms with Gasteiger partial charge in [-0.3, -0.25) is 10.0 Å². The fourth-order valence-corrected chi connectivity index (χ4v) is 5.18. The number of carbonyl (C=O) groups excluding carboxylic acids is 1. The number of ether oxygens (including phenoxy) is 1. The molecule has 150 valence electrons. The van der Waals surface area contributed by atoms with Crippen LogP contribution in [0.3, 0.4) is 0 Å². The van der Waals surface area contributed by atoms with Crippen LogP contribution in [0.5, 0.6) is 11.5 Å². The van der Waals surface area contributed by atoms with E-state index in [-0.39, 0.29) is 17.4 Å². The number of carbonyl (C=O) groups is 1. The molecule has 1 saturated heterocycles. The second-order valence-corrected chi connectivity index (χ2v) is 9.01. The molecule has 0 aliphatic carbocycles. The number of nitrogens with one attached hydrogen (secondary N) is 1. The summed E-state index contributed by atoms with van der Waals surface area (Å²) in [4.78, 5) is 12.1. The predicted molar refractivity (Wildman–Crippen MR) is 104 cm³/mol. The van der Waals surface area contributed by atoms with Gasteiger partial charge in [0.05, 0.1) is 4.90 Å². The lowest BCUT2D eigenvalue weighted by molar-refractivity contribution is -0.135. The van der Waals surface area contributed by atoms with Crippen molar-refractivity contribution in [2.45, 2.75) is 30.7 Å². The molecule has 0 saturated carbocycles. The van der Waals surface area contributed by atoms with Gasteiger partial charge in [-0.1, -0.05) is 18.5 Å². The SMILES string of the molecule is CC1CCCN(S(=O)(=O)c2ccc(Oc3ccc(Cl)cc3)cc2)C1C(=O)NO. The van der Waals surface area contributed by atoms with Gasteiger partial charge < -0.3 is 4.74 Å². The molecule has 1 amide bonds. The highest BCUT2D eigenvalue weighted by Crippen LogP contribution is 2.31. The topological polar surface area (TPSA) is 95.9 Å². The highest BCUT2D eigenvalue weighted by Gasteiger charge is 2.41. The molecule has 1 aliphatic rings. The minimum absolute atomic E-state index is 0.0563. The molecule has 1 fully saturated rings. The number of piperidine rings is 1. The second kappa shape index (κ2) is 8.48. The summed E-state index contributed by atoms with van der Waals surface area (Å²) in [5, 5.41) is 9.60. The van der Waals surface area contributed by atoms with Crippen LogP contribution in [0.4, 0.5) is 0 Å². The zero-order chi connectivity index (χ0) is 20.3. The van der Waals surface area contributed by atoms with Gasteiger partial charge in [0.1, 0.15) is 17.5 Å². The molecule has 28 heavy (non-hydrogen) atoms. The van der Waals surface area contributed by atoms with Crippen molar-refractivity contribution in [2.75, 3.05) is 6.54 Å². The molecule has 2 N–H and O–H groups in total. The molecule has 9 heteroatoms. The number of hydroxylamine groups is 1. The molecule has 2 aromatic carbocycles. The van der Waals surface area contributed by atoms with Crippen molar-refractivity contribution in [2.24, 2.45) is 5.92 Å². The summed E-state index contributed by atoms with van der Waals surface area (Å²) >= 11 is 5.84. The molecular formula is C19H21ClN2O5S. The van der Waals surface area contributed by atoms with Crippen molar-refractivity contribution < 1.29 is 23.2 Å². The smallest absolute Gasteiger partial charge is 0.262 e. The Labute approximate surface area is 168 Å². The summed E-state index contributed by atoms with van der Waals surface area (Å²) in [5.74, 6) is 0.115. The number of nitrogens with zero attached hydrogens (tertiary/aromatic N) is 1. The van der Waals surface area contributed by atoms with Gasteiger partial charge in [0, 0.05) is 11.6 Å². The van der Waals surface area contributed by atoms with Gasteiger partial charge in [-0.15, -0.1) is 0 Å². The molecule has 0 spiro atoms. The summed E-state index contributed by atoms with van der Waals surface area (Å²) in [6, 6.07) is 11.8. The second-order valence-electron chi connectivity index (χ2n) is 6.68. The molecule has 1 aliphatic heterocycles. The summed E-state index contributed by atoms with van der Waals surface area (Å²) in [6.45, 7) is 2.01. The Hall–Kier alpha value is -2.13. The lowest BCUT2D eigenvalue weighted by atomic mass is 9.92. The third-order valence-corrected chi connectivity index (χ3v) is 6.89. The van der Waals surface area contributed by atoms with Crippen LogP contribution in [0, 0.1) is 5.92 Å². The van der Waals surface area contributed by atoms with E-state index in [1.54, 1.807) is 48.8 Å². The quantitative estimate of drug-likeness (QED) is 0.566. The van der Waals surface area contributed by atoms with Crippen molar-refractivity contribution in [3.63, 3.8) is 0 Å². The Morgan fingerprint density at radius 1 is 1.14 bits per heavy atom. The Balaban J connectivity index is 1.82. The first-order chi connectivity index (χ1) is 13.3. The summed E-state index contributed by atoms with van der Waals surface area (Å²) in [6.07, 6.45) is 1.35. The molecule has 1 heterocycles. The van der Waals surface area contributed by atoms with Crippen LogP contribution in [0.25, 0.3) is 0 Å². The van der Waals surface area contributed by atoms with E-state index in [0.717, 1.165) is 4.31 Å². The van der Waals surface area contributed by atoms with Crippen LogP contribution in [0.15, 0.2) is 53.4 Å². The fraction of sp³-hybridized carbons (Fsp3) is 0.316. The molecule has 2 aromatic rings. The van der Waals surface area contributed by atoms with E-state index in [1.807, 2.05) is 0 Å². The third-order valence-electron chi connectivity index (χ3n) is 4.75. The van der Waals surface area contributed by atoms with Crippen LogP contribution < -0.4 is 10.2 Å². The number of hydrogen-bond acceptors (Lipinski definition) is 5. The number of sulfonamides is 1. The predicted octanol–water partition coefficient (Wildman–Crippen LogP) is 3.43. The van der Waals surface area contributed by atoms with Gasteiger partial charge in [-0.2, -0.15) is 4.31 Å². The van der Waals surface area contributed by atoms with E-state index in [4.69, 9.17) is 21.5 Å². The van der Waals surface area contributed by atoms with Crippen LogP contribution in [-0.4, -0.2) is 36.4 Å². The van der Waals surface area contributed by atoms with Gasteiger partial charge in [0.15, 0.2) is 0 Å². The van der Waals surface area contributed by atoms with Crippen LogP contribution in [-0.2, 0) is 14.8 Å². The average molecular weight is 425 g/mol. The minimum Gasteiger partial charge on any atom is -0.457 e. The fourth-order valence-electron chi connectivity index (χ4n) is 3.33. The van der Waals surface area contributed by atoms with Crippen molar-refractivity contribution in [3.05, 3.63) is 53.6 Å². The largest absolute Gasteiger partial charge is 0.457 e. The van der Waals surface area contributed by atoms with Gasteiger partial charge in [-0.05, 0) is 67.3 Å². The summed E-state index contributed by atoms with van der Waals surface area (Å²) in [5.41, 5.74) is 1.58. The molecule has 2 atom stereocenters. The van der Waals surface area contributed by atoms with Crippen molar-refractivity contribution in [1.82, 2.24) is 9.79 Å². The van der Waals surface area contributed by atoms with Gasteiger partial charge in [0.25, 0.3) is 5.91 Å². The van der Waals surface area contributed by atoms with Crippen LogP contribution in [0.2, 0.25) is 5.02 Å². The van der Waals surface area contributed by atoms with E-state index >= 15 is 0 Å². The lowest BCUT2D eigenvalue weighted by Gasteiger charge is -2.37. The average Bonchev–Trinajstić information content (AvgIpc) is 2.69. The monoisotopic (exact) mass is 424 g/mol. The minimum atomic E-state index is -3.91. The van der Waals surface area contributed by atoms with Crippen molar-refractivity contribution in [3.8, 4) is 11.5 Å². The summed E-state index contributed by atoms with van der Waals surface area (Å²) in [7, 11) is -3.91. The molecule has 0 bridgehead atoms. The van der Waals surface area contributed by atoms with E-state index in [1.165, 1.54) is 12.1 Å². The van der Waals surface area contributed by atoms with Crippen molar-refractivity contribution >= 4 is 27.5 Å². The normalized spacial score (nSPS) is 20.5. The maximum atomic E-state index is 13.1. The first-order valence-electron chi connectivity index (χ1n) is 8.82. The number of benzene rings is 2. The molecule has 2 unspecified atom stereocenters. The highest BCUT2D eigenvalue weighted by atomic mass is 35.5. The molecule has 0 aromatic heterocycles. The Morgan fingerprint density at radius 3 is 2.29 bits per heavy atom. The molecule has 0 radical (unpaired) electrons. The first kappa shape index (κ1) is 20.6. The highest BCUT2D eigenvalue weighted by molar-refractivity contribution is 7.89. The zero-order valence-corrected chi connectivity index (χ0v) is 16.8. The molecule has 7 nitrogen and oxygen atoms in total. The van der Waals surface area contributed by atoms with Crippen LogP contribution in [0.1, 0.15) is 19.8 Å². The van der Waals surface area contributed by atoms with Crippen molar-refractivity contribution in [1.29, 1.82) is 0 Å². The Kier molecular flexibility index (Phi) is 6.24. The standard InChI is InChI=1S/C19H21ClN2O5S/c1-13-3-2-12-22(18(13)19(23)21-24)28(25,26)17-10-8-16(9-11-17)27-15-6-4-14(20)5-7-15/h4-11,13,18,24H,2-3,12H2,1H3,(H,21,23). The summed E-state index contributed by atoms with van der Waals surface area (Å²) < 4.78 is 33.0. The Morgan fingerprint density at radius 2 is 1.71 bits per heavy atom. The van der Waals surface area contributed by atoms with Gasteiger partial charge in [0.2, 0.25) is 10.0 Å². The van der Waals surface area contributed by atoms with Crippen LogP contribution >= 0.6 is 11.6 Å². The number of halogens is 1. The van der Waals surface area contributed by atoms with E-state index in [9.17, 15) is 13.2 Å².